The highest BCUT2D eigenvalue weighted by Gasteiger charge is 2.25. The quantitative estimate of drug-likeness (QED) is 0.778. The van der Waals surface area contributed by atoms with E-state index in [0.29, 0.717) is 11.3 Å². The Morgan fingerprint density at radius 1 is 1.41 bits per heavy atom. The molecular weight excluding hydrogens is 217 g/mol. The molecule has 0 aromatic carbocycles. The van der Waals surface area contributed by atoms with E-state index in [1.165, 1.54) is 6.33 Å². The zero-order valence-electron chi connectivity index (χ0n) is 9.50. The first kappa shape index (κ1) is 10.5. The zero-order chi connectivity index (χ0) is 11.8. The fourth-order valence-electron chi connectivity index (χ4n) is 2.15. The summed E-state index contributed by atoms with van der Waals surface area (Å²) < 4.78 is 7.73. The number of ether oxygens (including phenoxy) is 1. The minimum absolute atomic E-state index is 0.00974. The molecule has 0 bridgehead atoms. The molecule has 3 heterocycles. The summed E-state index contributed by atoms with van der Waals surface area (Å²) in [5.74, 6) is 0.528. The van der Waals surface area contributed by atoms with Gasteiger partial charge in [0.05, 0.1) is 12.4 Å². The Hall–Kier alpha value is -1.63. The lowest BCUT2D eigenvalue weighted by atomic mass is 10.2. The predicted molar refractivity (Wildman–Crippen MR) is 63.5 cm³/mol. The van der Waals surface area contributed by atoms with E-state index >= 15 is 0 Å². The molecule has 17 heavy (non-hydrogen) atoms. The average Bonchev–Trinajstić information content (AvgIpc) is 2.94. The van der Waals surface area contributed by atoms with E-state index in [2.05, 4.69) is 27.1 Å². The first-order valence-corrected chi connectivity index (χ1v) is 5.59. The van der Waals surface area contributed by atoms with Crippen LogP contribution in [0, 0.1) is 0 Å². The van der Waals surface area contributed by atoms with Crippen LogP contribution in [-0.2, 0) is 4.74 Å². The van der Waals surface area contributed by atoms with Gasteiger partial charge in [0.25, 0.3) is 0 Å². The Morgan fingerprint density at radius 2 is 2.29 bits per heavy atom. The number of imidazole rings is 1. The van der Waals surface area contributed by atoms with Gasteiger partial charge in [-0.1, -0.05) is 0 Å². The van der Waals surface area contributed by atoms with Crippen LogP contribution in [-0.4, -0.2) is 33.6 Å². The Labute approximate surface area is 99.8 Å². The van der Waals surface area contributed by atoms with E-state index in [9.17, 15) is 0 Å². The smallest absolute Gasteiger partial charge is 0.224 e. The van der Waals surface area contributed by atoms with Gasteiger partial charge >= 0.3 is 0 Å². The predicted octanol–water partition coefficient (Wildman–Crippen LogP) is 1.02. The first-order chi connectivity index (χ1) is 8.29. The molecule has 1 N–H and O–H groups in total. The number of hydrogen-bond donors (Lipinski definition) is 1. The van der Waals surface area contributed by atoms with Crippen molar-refractivity contribution in [3.8, 4) is 0 Å². The minimum Gasteiger partial charge on any atom is -0.421 e. The SMILES string of the molecule is [B]Nc1ncnc2c1ncn2C1CCC(C)O1. The van der Waals surface area contributed by atoms with Gasteiger partial charge in [-0.25, -0.2) is 15.0 Å². The van der Waals surface area contributed by atoms with Crippen molar-refractivity contribution in [1.82, 2.24) is 19.5 Å². The molecule has 2 unspecified atom stereocenters. The summed E-state index contributed by atoms with van der Waals surface area (Å²) in [5.41, 5.74) is 1.41. The fraction of sp³-hybridized carbons (Fsp3) is 0.500. The summed E-state index contributed by atoms with van der Waals surface area (Å²) in [6.07, 6.45) is 5.51. The van der Waals surface area contributed by atoms with Crippen molar-refractivity contribution in [3.05, 3.63) is 12.7 Å². The van der Waals surface area contributed by atoms with Crippen molar-refractivity contribution in [3.63, 3.8) is 0 Å². The highest BCUT2D eigenvalue weighted by atomic mass is 16.5. The summed E-state index contributed by atoms with van der Waals surface area (Å²) in [4.78, 5) is 12.5. The number of anilines is 1. The molecule has 0 amide bonds. The number of fused-ring (bicyclic) bond motifs is 1. The van der Waals surface area contributed by atoms with Gasteiger partial charge in [0, 0.05) is 0 Å². The van der Waals surface area contributed by atoms with Gasteiger partial charge in [-0.2, -0.15) is 0 Å². The molecular formula is C10H12BN5O. The van der Waals surface area contributed by atoms with Gasteiger partial charge in [-0.05, 0) is 19.8 Å². The summed E-state index contributed by atoms with van der Waals surface area (Å²) in [6, 6.07) is 0. The van der Waals surface area contributed by atoms with Gasteiger partial charge in [0.1, 0.15) is 23.9 Å². The van der Waals surface area contributed by atoms with E-state index in [1.807, 2.05) is 4.57 Å². The largest absolute Gasteiger partial charge is 0.421 e. The molecule has 86 valence electrons. The summed E-state index contributed by atoms with van der Waals surface area (Å²) in [5, 5.41) is 2.51. The lowest BCUT2D eigenvalue weighted by Gasteiger charge is -2.12. The maximum atomic E-state index is 5.80. The molecule has 2 aromatic heterocycles. The number of rotatable bonds is 2. The standard InChI is InChI=1S/C10H12BN5O/c1-6-2-3-7(17-6)16-5-14-8-9(15-11)12-4-13-10(8)16/h4-7H,2-3H2,1H3,(H,12,13,15). The third-order valence-electron chi connectivity index (χ3n) is 3.02. The van der Waals surface area contributed by atoms with Crippen molar-refractivity contribution < 1.29 is 4.74 Å². The van der Waals surface area contributed by atoms with Gasteiger partial charge in [0.15, 0.2) is 5.65 Å². The van der Waals surface area contributed by atoms with E-state index in [1.54, 1.807) is 6.33 Å². The normalized spacial score (nSPS) is 24.3. The molecule has 1 aliphatic heterocycles. The highest BCUT2D eigenvalue weighted by Crippen LogP contribution is 2.30. The van der Waals surface area contributed by atoms with Crippen molar-refractivity contribution in [2.24, 2.45) is 0 Å². The second-order valence-electron chi connectivity index (χ2n) is 4.17. The molecule has 7 heteroatoms. The molecule has 3 rings (SSSR count). The molecule has 2 aromatic rings. The average molecular weight is 229 g/mol. The van der Waals surface area contributed by atoms with Crippen molar-refractivity contribution in [2.45, 2.75) is 32.1 Å². The summed E-state index contributed by atoms with van der Waals surface area (Å²) in [6.45, 7) is 2.07. The van der Waals surface area contributed by atoms with Crippen LogP contribution in [0.2, 0.25) is 0 Å². The van der Waals surface area contributed by atoms with Gasteiger partial charge in [-0.3, -0.25) is 4.57 Å². The lowest BCUT2D eigenvalue weighted by Crippen LogP contribution is -2.09. The maximum Gasteiger partial charge on any atom is 0.224 e. The van der Waals surface area contributed by atoms with E-state index in [4.69, 9.17) is 12.7 Å². The lowest BCUT2D eigenvalue weighted by molar-refractivity contribution is 0.0131. The molecule has 0 aliphatic carbocycles. The monoisotopic (exact) mass is 229 g/mol. The Morgan fingerprint density at radius 3 is 3.00 bits per heavy atom. The zero-order valence-corrected chi connectivity index (χ0v) is 9.50. The van der Waals surface area contributed by atoms with Crippen LogP contribution in [0.25, 0.3) is 11.2 Å². The Bertz CT molecular complexity index is 542. The Kier molecular flexibility index (Phi) is 2.47. The van der Waals surface area contributed by atoms with Gasteiger partial charge in [0.2, 0.25) is 7.98 Å². The van der Waals surface area contributed by atoms with Gasteiger partial charge in [-0.15, -0.1) is 0 Å². The van der Waals surface area contributed by atoms with E-state index in [0.717, 1.165) is 18.5 Å². The number of nitrogens with zero attached hydrogens (tertiary/aromatic N) is 4. The van der Waals surface area contributed by atoms with Crippen molar-refractivity contribution >= 4 is 25.0 Å². The van der Waals surface area contributed by atoms with Crippen molar-refractivity contribution in [2.75, 3.05) is 5.23 Å². The van der Waals surface area contributed by atoms with Crippen LogP contribution in [0.1, 0.15) is 26.0 Å². The van der Waals surface area contributed by atoms with Crippen LogP contribution >= 0.6 is 0 Å². The topological polar surface area (TPSA) is 64.9 Å². The molecule has 6 nitrogen and oxygen atoms in total. The Balaban J connectivity index is 2.06. The maximum absolute atomic E-state index is 5.80. The van der Waals surface area contributed by atoms with Crippen LogP contribution in [0.4, 0.5) is 5.82 Å². The molecule has 1 fully saturated rings. The van der Waals surface area contributed by atoms with E-state index < -0.39 is 0 Å². The molecule has 2 atom stereocenters. The number of nitrogens with one attached hydrogen (secondary N) is 1. The molecule has 0 saturated carbocycles. The highest BCUT2D eigenvalue weighted by molar-refractivity contribution is 6.17. The summed E-state index contributed by atoms with van der Waals surface area (Å²) in [7, 11) is 5.38. The summed E-state index contributed by atoms with van der Waals surface area (Å²) >= 11 is 0. The number of aromatic nitrogens is 4. The van der Waals surface area contributed by atoms with E-state index in [-0.39, 0.29) is 12.3 Å². The molecule has 1 aliphatic rings. The minimum atomic E-state index is 0.00974. The second kappa shape index (κ2) is 3.99. The van der Waals surface area contributed by atoms with Gasteiger partial charge < -0.3 is 9.96 Å². The van der Waals surface area contributed by atoms with Crippen LogP contribution < -0.4 is 5.23 Å². The second-order valence-corrected chi connectivity index (χ2v) is 4.17. The molecule has 2 radical (unpaired) electrons. The van der Waals surface area contributed by atoms with Crippen LogP contribution in [0.3, 0.4) is 0 Å². The van der Waals surface area contributed by atoms with Crippen LogP contribution in [0.5, 0.6) is 0 Å². The first-order valence-electron chi connectivity index (χ1n) is 5.59. The third kappa shape index (κ3) is 1.66. The van der Waals surface area contributed by atoms with Crippen molar-refractivity contribution in [1.29, 1.82) is 0 Å². The molecule has 1 saturated heterocycles. The third-order valence-corrected chi connectivity index (χ3v) is 3.02. The molecule has 0 spiro atoms. The van der Waals surface area contributed by atoms with Crippen LogP contribution in [0.15, 0.2) is 12.7 Å². The number of hydrogen-bond acceptors (Lipinski definition) is 5. The fourth-order valence-corrected chi connectivity index (χ4v) is 2.15.